The molecule has 0 spiro atoms. The maximum absolute atomic E-state index is 12.5. The first-order valence-corrected chi connectivity index (χ1v) is 8.34. The van der Waals surface area contributed by atoms with Crippen molar-refractivity contribution < 1.29 is 19.1 Å². The number of carbonyl (C=O) groups excluding carboxylic acids is 2. The first-order valence-electron chi connectivity index (χ1n) is 7.96. The van der Waals surface area contributed by atoms with Crippen molar-refractivity contribution in [1.29, 1.82) is 0 Å². The zero-order valence-corrected chi connectivity index (χ0v) is 14.7. The SMILES string of the molecule is CC(=O)Nc1c(Cl)cc(C(=O)OCc2ccccc2)c2c1C[C@@H](C)O2. The zero-order chi connectivity index (χ0) is 18.0. The molecule has 0 saturated heterocycles. The van der Waals surface area contributed by atoms with Crippen LogP contribution >= 0.6 is 11.6 Å². The highest BCUT2D eigenvalue weighted by Gasteiger charge is 2.30. The average molecular weight is 360 g/mol. The number of fused-ring (bicyclic) bond motifs is 1. The highest BCUT2D eigenvalue weighted by Crippen LogP contribution is 2.42. The van der Waals surface area contributed by atoms with Crippen LogP contribution in [0, 0.1) is 0 Å². The molecule has 0 aromatic heterocycles. The second-order valence-corrected chi connectivity index (χ2v) is 6.37. The van der Waals surface area contributed by atoms with Crippen LogP contribution in [-0.2, 0) is 22.6 Å². The largest absolute Gasteiger partial charge is 0.489 e. The lowest BCUT2D eigenvalue weighted by molar-refractivity contribution is -0.114. The van der Waals surface area contributed by atoms with E-state index in [0.29, 0.717) is 22.9 Å². The maximum Gasteiger partial charge on any atom is 0.342 e. The number of anilines is 1. The van der Waals surface area contributed by atoms with E-state index in [9.17, 15) is 9.59 Å². The fourth-order valence-corrected chi connectivity index (χ4v) is 3.08. The summed E-state index contributed by atoms with van der Waals surface area (Å²) in [4.78, 5) is 23.9. The molecular weight excluding hydrogens is 342 g/mol. The van der Waals surface area contributed by atoms with Crippen molar-refractivity contribution in [3.05, 3.63) is 58.1 Å². The Balaban J connectivity index is 1.89. The van der Waals surface area contributed by atoms with Crippen LogP contribution in [0.1, 0.15) is 35.3 Å². The van der Waals surface area contributed by atoms with Crippen LogP contribution in [0.4, 0.5) is 5.69 Å². The van der Waals surface area contributed by atoms with Crippen molar-refractivity contribution in [2.45, 2.75) is 33.0 Å². The molecule has 0 unspecified atom stereocenters. The van der Waals surface area contributed by atoms with Gasteiger partial charge in [-0.3, -0.25) is 4.79 Å². The standard InChI is InChI=1S/C19H18ClNO4/c1-11-8-14-17(21-12(2)22)16(20)9-15(18(14)25-11)19(23)24-10-13-6-4-3-5-7-13/h3-7,9,11H,8,10H2,1-2H3,(H,21,22)/t11-/m1/s1. The Labute approximate surface area is 150 Å². The van der Waals surface area contributed by atoms with Gasteiger partial charge in [0.25, 0.3) is 0 Å². The zero-order valence-electron chi connectivity index (χ0n) is 14.0. The molecule has 2 aromatic rings. The van der Waals surface area contributed by atoms with Gasteiger partial charge in [0.1, 0.15) is 24.0 Å². The quantitative estimate of drug-likeness (QED) is 0.839. The van der Waals surface area contributed by atoms with Crippen molar-refractivity contribution in [3.63, 3.8) is 0 Å². The number of halogens is 1. The van der Waals surface area contributed by atoms with Gasteiger partial charge < -0.3 is 14.8 Å². The lowest BCUT2D eigenvalue weighted by Crippen LogP contribution is -2.11. The number of carbonyl (C=O) groups is 2. The van der Waals surface area contributed by atoms with E-state index in [0.717, 1.165) is 11.1 Å². The molecule has 1 heterocycles. The van der Waals surface area contributed by atoms with Crippen LogP contribution in [-0.4, -0.2) is 18.0 Å². The monoisotopic (exact) mass is 359 g/mol. The predicted molar refractivity (Wildman–Crippen MR) is 95.1 cm³/mol. The molecule has 1 amide bonds. The summed E-state index contributed by atoms with van der Waals surface area (Å²) in [7, 11) is 0. The minimum atomic E-state index is -0.509. The lowest BCUT2D eigenvalue weighted by Gasteiger charge is -2.14. The predicted octanol–water partition coefficient (Wildman–Crippen LogP) is 3.98. The fourth-order valence-electron chi connectivity index (χ4n) is 2.81. The summed E-state index contributed by atoms with van der Waals surface area (Å²) in [6.45, 7) is 3.46. The third-order valence-electron chi connectivity index (χ3n) is 3.87. The second-order valence-electron chi connectivity index (χ2n) is 5.96. The highest BCUT2D eigenvalue weighted by atomic mass is 35.5. The number of nitrogens with one attached hydrogen (secondary N) is 1. The molecule has 0 aliphatic carbocycles. The van der Waals surface area contributed by atoms with Crippen LogP contribution in [0.5, 0.6) is 5.75 Å². The number of hydrogen-bond donors (Lipinski definition) is 1. The molecule has 1 atom stereocenters. The number of amides is 1. The number of benzene rings is 2. The third-order valence-corrected chi connectivity index (χ3v) is 4.17. The number of hydrogen-bond acceptors (Lipinski definition) is 4. The molecule has 2 aromatic carbocycles. The van der Waals surface area contributed by atoms with Gasteiger partial charge in [0.05, 0.1) is 10.7 Å². The Hall–Kier alpha value is -2.53. The van der Waals surface area contributed by atoms with Gasteiger partial charge in [0.2, 0.25) is 5.91 Å². The van der Waals surface area contributed by atoms with E-state index in [-0.39, 0.29) is 24.2 Å². The normalized spacial score (nSPS) is 15.2. The van der Waals surface area contributed by atoms with Gasteiger partial charge in [-0.25, -0.2) is 4.79 Å². The van der Waals surface area contributed by atoms with Gasteiger partial charge in [0.15, 0.2) is 0 Å². The van der Waals surface area contributed by atoms with Gasteiger partial charge >= 0.3 is 5.97 Å². The highest BCUT2D eigenvalue weighted by molar-refractivity contribution is 6.34. The van der Waals surface area contributed by atoms with Crippen molar-refractivity contribution in [2.75, 3.05) is 5.32 Å². The number of esters is 1. The van der Waals surface area contributed by atoms with Gasteiger partial charge in [-0.2, -0.15) is 0 Å². The number of ether oxygens (including phenoxy) is 2. The maximum atomic E-state index is 12.5. The minimum absolute atomic E-state index is 0.110. The first kappa shape index (κ1) is 17.3. The summed E-state index contributed by atoms with van der Waals surface area (Å²) in [5.41, 5.74) is 2.38. The Morgan fingerprint density at radius 2 is 2.04 bits per heavy atom. The Morgan fingerprint density at radius 3 is 2.72 bits per heavy atom. The molecule has 0 bridgehead atoms. The van der Waals surface area contributed by atoms with Crippen LogP contribution in [0.3, 0.4) is 0 Å². The Kier molecular flexibility index (Phi) is 4.95. The van der Waals surface area contributed by atoms with Gasteiger partial charge in [-0.1, -0.05) is 41.9 Å². The summed E-state index contributed by atoms with van der Waals surface area (Å²) in [5.74, 6) is -0.313. The van der Waals surface area contributed by atoms with Crippen molar-refractivity contribution in [2.24, 2.45) is 0 Å². The summed E-state index contributed by atoms with van der Waals surface area (Å²) in [6, 6.07) is 10.9. The molecule has 1 N–H and O–H groups in total. The average Bonchev–Trinajstić information content (AvgIpc) is 2.97. The van der Waals surface area contributed by atoms with E-state index < -0.39 is 5.97 Å². The van der Waals surface area contributed by atoms with E-state index >= 15 is 0 Å². The molecule has 25 heavy (non-hydrogen) atoms. The second kappa shape index (κ2) is 7.15. The molecule has 5 nitrogen and oxygen atoms in total. The summed E-state index contributed by atoms with van der Waals surface area (Å²) in [6.07, 6.45) is 0.450. The fraction of sp³-hybridized carbons (Fsp3) is 0.263. The topological polar surface area (TPSA) is 64.6 Å². The number of rotatable bonds is 4. The lowest BCUT2D eigenvalue weighted by atomic mass is 10.0. The molecule has 6 heteroatoms. The van der Waals surface area contributed by atoms with Crippen LogP contribution < -0.4 is 10.1 Å². The van der Waals surface area contributed by atoms with E-state index in [4.69, 9.17) is 21.1 Å². The van der Waals surface area contributed by atoms with Crippen molar-refractivity contribution in [1.82, 2.24) is 0 Å². The molecule has 0 saturated carbocycles. The summed E-state index contributed by atoms with van der Waals surface area (Å²) >= 11 is 6.29. The van der Waals surface area contributed by atoms with Crippen LogP contribution in [0.15, 0.2) is 36.4 Å². The van der Waals surface area contributed by atoms with E-state index in [1.54, 1.807) is 0 Å². The molecular formula is C19H18ClNO4. The Bertz CT molecular complexity index is 820. The first-order chi connectivity index (χ1) is 12.0. The van der Waals surface area contributed by atoms with Gasteiger partial charge in [-0.15, -0.1) is 0 Å². The van der Waals surface area contributed by atoms with Gasteiger partial charge in [-0.05, 0) is 18.6 Å². The smallest absolute Gasteiger partial charge is 0.342 e. The summed E-state index contributed by atoms with van der Waals surface area (Å²) in [5, 5.41) is 3.01. The van der Waals surface area contributed by atoms with Gasteiger partial charge in [0, 0.05) is 18.9 Å². The molecule has 0 fully saturated rings. The van der Waals surface area contributed by atoms with E-state index in [1.165, 1.54) is 13.0 Å². The minimum Gasteiger partial charge on any atom is -0.489 e. The van der Waals surface area contributed by atoms with Crippen LogP contribution in [0.25, 0.3) is 0 Å². The van der Waals surface area contributed by atoms with Crippen LogP contribution in [0.2, 0.25) is 5.02 Å². The van der Waals surface area contributed by atoms with E-state index in [1.807, 2.05) is 37.3 Å². The van der Waals surface area contributed by atoms with Crippen molar-refractivity contribution >= 4 is 29.2 Å². The third kappa shape index (κ3) is 3.77. The molecule has 3 rings (SSSR count). The molecule has 130 valence electrons. The van der Waals surface area contributed by atoms with E-state index in [2.05, 4.69) is 5.32 Å². The molecule has 0 radical (unpaired) electrons. The molecule has 1 aliphatic heterocycles. The van der Waals surface area contributed by atoms with Crippen molar-refractivity contribution in [3.8, 4) is 5.75 Å². The molecule has 1 aliphatic rings. The Morgan fingerprint density at radius 1 is 1.32 bits per heavy atom. The summed E-state index contributed by atoms with van der Waals surface area (Å²) < 4.78 is 11.2.